The molecule has 218 valence electrons. The average Bonchev–Trinajstić information content (AvgIpc) is 3.05. The van der Waals surface area contributed by atoms with Crippen LogP contribution in [0.25, 0.3) is 27.1 Å². The van der Waals surface area contributed by atoms with Gasteiger partial charge in [-0.25, -0.2) is 5.10 Å². The summed E-state index contributed by atoms with van der Waals surface area (Å²) < 4.78 is 11.7. The normalized spacial score (nSPS) is 14.0. The molecule has 5 aromatic rings. The summed E-state index contributed by atoms with van der Waals surface area (Å²) in [7, 11) is 0. The van der Waals surface area contributed by atoms with Crippen LogP contribution in [0.4, 0.5) is 0 Å². The van der Waals surface area contributed by atoms with Crippen molar-refractivity contribution in [3.63, 3.8) is 0 Å². The molecule has 0 saturated carbocycles. The Hall–Kier alpha value is -4.32. The number of fused-ring (bicyclic) bond motifs is 5. The minimum atomic E-state index is -0.298. The van der Waals surface area contributed by atoms with Crippen molar-refractivity contribution in [1.82, 2.24) is 10.2 Å². The highest BCUT2D eigenvalue weighted by Crippen LogP contribution is 2.41. The number of hydrogen-bond acceptors (Lipinski definition) is 4. The maximum absolute atomic E-state index is 11.1. The minimum Gasteiger partial charge on any atom is -0.349 e. The molecule has 0 amide bonds. The molecule has 0 unspecified atom stereocenters. The summed E-state index contributed by atoms with van der Waals surface area (Å²) in [5.41, 5.74) is 9.76. The number of rotatable bonds is 7. The second kappa shape index (κ2) is 13.3. The number of H-pyrrole nitrogens is 1. The monoisotopic (exact) mass is 570 g/mol. The van der Waals surface area contributed by atoms with Crippen molar-refractivity contribution in [2.45, 2.75) is 52.2 Å². The van der Waals surface area contributed by atoms with Gasteiger partial charge in [-0.3, -0.25) is 4.79 Å². The fourth-order valence-corrected chi connectivity index (χ4v) is 6.37. The van der Waals surface area contributed by atoms with E-state index in [1.54, 1.807) is 17.8 Å². The van der Waals surface area contributed by atoms with Gasteiger partial charge in [0.25, 0.3) is 5.56 Å². The second-order valence-electron chi connectivity index (χ2n) is 11.0. The molecule has 0 radical (unpaired) electrons. The Kier molecular flexibility index (Phi) is 8.92. The lowest BCUT2D eigenvalue weighted by Crippen LogP contribution is -2.09. The molecule has 0 saturated heterocycles. The highest BCUT2D eigenvalue weighted by atomic mass is 16.7. The van der Waals surface area contributed by atoms with Gasteiger partial charge in [0.2, 0.25) is 0 Å². The summed E-state index contributed by atoms with van der Waals surface area (Å²) >= 11 is 0. The number of hydrogen-bond donors (Lipinski definition) is 1. The van der Waals surface area contributed by atoms with Crippen LogP contribution in [0.1, 0.15) is 67.2 Å². The van der Waals surface area contributed by atoms with Crippen LogP contribution in [0.2, 0.25) is 0 Å². The van der Waals surface area contributed by atoms with Crippen LogP contribution in [0.5, 0.6) is 0 Å². The van der Waals surface area contributed by atoms with Crippen LogP contribution >= 0.6 is 0 Å². The fourth-order valence-electron chi connectivity index (χ4n) is 6.37. The molecular weight excluding hydrogens is 532 g/mol. The van der Waals surface area contributed by atoms with E-state index in [0.717, 1.165) is 23.8 Å². The van der Waals surface area contributed by atoms with E-state index in [9.17, 15) is 4.79 Å². The lowest BCUT2D eigenvalue weighted by atomic mass is 9.78. The molecule has 2 aliphatic rings. The highest BCUT2D eigenvalue weighted by molar-refractivity contribution is 5.96. The first-order valence-corrected chi connectivity index (χ1v) is 15.3. The van der Waals surface area contributed by atoms with Gasteiger partial charge in [0.15, 0.2) is 6.29 Å². The molecular formula is C38H38N2O3. The maximum Gasteiger partial charge on any atom is 0.272 e. The van der Waals surface area contributed by atoms with E-state index in [1.165, 1.54) is 57.9 Å². The summed E-state index contributed by atoms with van der Waals surface area (Å²) in [5.74, 6) is 0. The zero-order valence-electron chi connectivity index (χ0n) is 24.9. The molecule has 0 atom stereocenters. The number of nitrogens with zero attached hydrogens (tertiary/aromatic N) is 1. The zero-order chi connectivity index (χ0) is 29.6. The maximum atomic E-state index is 11.1. The summed E-state index contributed by atoms with van der Waals surface area (Å²) in [6.07, 6.45) is 11.7. The molecule has 5 nitrogen and oxygen atoms in total. The van der Waals surface area contributed by atoms with Gasteiger partial charge in [-0.1, -0.05) is 90.5 Å². The Labute approximate surface area is 252 Å². The molecule has 0 bridgehead atoms. The van der Waals surface area contributed by atoms with Gasteiger partial charge in [0, 0.05) is 29.5 Å². The summed E-state index contributed by atoms with van der Waals surface area (Å²) in [4.78, 5) is 11.1. The lowest BCUT2D eigenvalue weighted by Gasteiger charge is -2.26. The summed E-state index contributed by atoms with van der Waals surface area (Å²) in [6, 6.07) is 27.5. The second-order valence-corrected chi connectivity index (χ2v) is 11.0. The number of aromatic amines is 1. The van der Waals surface area contributed by atoms with Gasteiger partial charge in [-0.15, -0.1) is 0 Å². The van der Waals surface area contributed by atoms with E-state index in [4.69, 9.17) is 9.47 Å². The van der Waals surface area contributed by atoms with Crippen molar-refractivity contribution in [2.75, 3.05) is 13.2 Å². The van der Waals surface area contributed by atoms with E-state index in [1.807, 2.05) is 32.0 Å². The minimum absolute atomic E-state index is 0.136. The van der Waals surface area contributed by atoms with Gasteiger partial charge in [-0.05, 0) is 90.6 Å². The predicted molar refractivity (Wildman–Crippen MR) is 175 cm³/mol. The Bertz CT molecular complexity index is 1860. The number of aromatic nitrogens is 2. The van der Waals surface area contributed by atoms with Crippen molar-refractivity contribution in [3.8, 4) is 0 Å². The van der Waals surface area contributed by atoms with Crippen molar-refractivity contribution in [2.24, 2.45) is 0 Å². The third-order valence-corrected chi connectivity index (χ3v) is 8.31. The molecule has 0 spiro atoms. The smallest absolute Gasteiger partial charge is 0.272 e. The number of nitrogens with one attached hydrogen (secondary N) is 1. The third-order valence-electron chi connectivity index (χ3n) is 8.31. The van der Waals surface area contributed by atoms with Crippen LogP contribution in [0.3, 0.4) is 0 Å². The first-order chi connectivity index (χ1) is 21.2. The molecule has 1 aromatic heterocycles. The highest BCUT2D eigenvalue weighted by Gasteiger charge is 2.22. The molecule has 2 aliphatic carbocycles. The summed E-state index contributed by atoms with van der Waals surface area (Å²) in [6.45, 7) is 5.29. The predicted octanol–water partition coefficient (Wildman–Crippen LogP) is 8.48. The van der Waals surface area contributed by atoms with Crippen LogP contribution in [-0.2, 0) is 22.3 Å². The Morgan fingerprint density at radius 2 is 1.67 bits per heavy atom. The van der Waals surface area contributed by atoms with Gasteiger partial charge in [0.05, 0.1) is 6.20 Å². The van der Waals surface area contributed by atoms with E-state index < -0.39 is 0 Å². The Morgan fingerprint density at radius 3 is 2.51 bits per heavy atom. The number of allylic oxidation sites excluding steroid dienone is 4. The average molecular weight is 571 g/mol. The van der Waals surface area contributed by atoms with Crippen molar-refractivity contribution < 1.29 is 9.47 Å². The van der Waals surface area contributed by atoms with Gasteiger partial charge >= 0.3 is 0 Å². The van der Waals surface area contributed by atoms with Gasteiger partial charge < -0.3 is 9.47 Å². The fraction of sp³-hybridized carbons (Fsp3) is 0.263. The van der Waals surface area contributed by atoms with Gasteiger partial charge in [0.1, 0.15) is 0 Å². The van der Waals surface area contributed by atoms with E-state index in [-0.39, 0.29) is 11.8 Å². The first kappa shape index (κ1) is 28.8. The zero-order valence-corrected chi connectivity index (χ0v) is 24.9. The largest absolute Gasteiger partial charge is 0.349 e. The van der Waals surface area contributed by atoms with Crippen molar-refractivity contribution in [3.05, 3.63) is 141 Å². The molecule has 1 heterocycles. The van der Waals surface area contributed by atoms with E-state index in [2.05, 4.69) is 76.9 Å². The number of aryl methyl sites for hydroxylation is 1. The van der Waals surface area contributed by atoms with Crippen molar-refractivity contribution in [1.29, 1.82) is 0 Å². The van der Waals surface area contributed by atoms with E-state index >= 15 is 0 Å². The van der Waals surface area contributed by atoms with E-state index in [0.29, 0.717) is 18.6 Å². The third kappa shape index (κ3) is 6.24. The Morgan fingerprint density at radius 1 is 0.860 bits per heavy atom. The number of ether oxygens (including phenoxy) is 2. The van der Waals surface area contributed by atoms with Crippen LogP contribution in [0, 0.1) is 0 Å². The molecule has 0 fully saturated rings. The van der Waals surface area contributed by atoms with Crippen LogP contribution in [-0.4, -0.2) is 23.4 Å². The van der Waals surface area contributed by atoms with Crippen LogP contribution in [0.15, 0.2) is 108 Å². The molecule has 1 N–H and O–H groups in total. The SMILES string of the molecule is CCOC(OCC)c1cccc(Cc2cccc3ccc4c(c23)CCC2=C4C=CCC2)c1.O=c1[nH]ncc2ccccc12. The molecule has 5 heteroatoms. The van der Waals surface area contributed by atoms with Crippen LogP contribution < -0.4 is 5.56 Å². The Balaban J connectivity index is 0.000000250. The number of benzene rings is 4. The van der Waals surface area contributed by atoms with Gasteiger partial charge in [-0.2, -0.15) is 5.10 Å². The molecule has 4 aromatic carbocycles. The van der Waals surface area contributed by atoms with Crippen molar-refractivity contribution >= 4 is 27.1 Å². The topological polar surface area (TPSA) is 64.2 Å². The standard InChI is InChI=1S/C30H32O2.C8H6N2O/c1-3-31-30(32-4-2)25-13-7-9-21(20-25)19-24-12-8-11-23-16-17-27-26-14-6-5-10-22(26)15-18-28(27)29(23)24;11-8-7-4-2-1-3-6(7)5-9-10-8/h6-9,11-14,16-17,20,30H,3-5,10,15,18-19H2,1-2H3;1-5H,(H,10,11). The first-order valence-electron chi connectivity index (χ1n) is 15.3. The quantitative estimate of drug-likeness (QED) is 0.199. The molecule has 43 heavy (non-hydrogen) atoms. The summed E-state index contributed by atoms with van der Waals surface area (Å²) in [5, 5.41) is 10.4. The molecule has 0 aliphatic heterocycles. The molecule has 7 rings (SSSR count). The lowest BCUT2D eigenvalue weighted by molar-refractivity contribution is -0.140.